The molecule has 0 aliphatic heterocycles. The zero-order valence-corrected chi connectivity index (χ0v) is 12.4. The first-order chi connectivity index (χ1) is 8.96. The summed E-state index contributed by atoms with van der Waals surface area (Å²) in [5.41, 5.74) is 1.53. The minimum Gasteiger partial charge on any atom is -0.307 e. The number of rotatable bonds is 3. The molecule has 106 valence electrons. The Kier molecular flexibility index (Phi) is 4.62. The third-order valence-electron chi connectivity index (χ3n) is 4.41. The topological polar surface area (TPSA) is 12.0 Å². The van der Waals surface area contributed by atoms with Gasteiger partial charge >= 0.3 is 0 Å². The molecular formula is C17H26FN. The molecule has 1 aliphatic rings. The highest BCUT2D eigenvalue weighted by atomic mass is 19.1. The molecule has 0 spiro atoms. The van der Waals surface area contributed by atoms with Gasteiger partial charge in [0.25, 0.3) is 0 Å². The van der Waals surface area contributed by atoms with Crippen molar-refractivity contribution >= 4 is 0 Å². The second-order valence-electron chi connectivity index (χ2n) is 6.74. The van der Waals surface area contributed by atoms with Gasteiger partial charge in [0.2, 0.25) is 0 Å². The minimum absolute atomic E-state index is 0.145. The van der Waals surface area contributed by atoms with E-state index in [9.17, 15) is 4.39 Å². The lowest BCUT2D eigenvalue weighted by molar-refractivity contribution is 0.307. The van der Waals surface area contributed by atoms with E-state index < -0.39 is 0 Å². The Morgan fingerprint density at radius 2 is 2.05 bits per heavy atom. The third-order valence-corrected chi connectivity index (χ3v) is 4.41. The highest BCUT2D eigenvalue weighted by molar-refractivity contribution is 5.19. The lowest BCUT2D eigenvalue weighted by Gasteiger charge is -2.24. The first-order valence-corrected chi connectivity index (χ1v) is 7.48. The Hall–Kier alpha value is -0.890. The van der Waals surface area contributed by atoms with E-state index in [-0.39, 0.29) is 11.9 Å². The van der Waals surface area contributed by atoms with Gasteiger partial charge in [0.05, 0.1) is 0 Å². The standard InChI is InChI=1S/C17H26FN/c1-13(14-6-4-7-15(18)12-14)19-16-8-5-10-17(2,3)11-9-16/h4,6-7,12-13,16,19H,5,8-11H2,1-3H3. The summed E-state index contributed by atoms with van der Waals surface area (Å²) in [6, 6.07) is 7.73. The minimum atomic E-state index is -0.145. The smallest absolute Gasteiger partial charge is 0.123 e. The predicted octanol–water partition coefficient (Wildman–Crippen LogP) is 4.84. The van der Waals surface area contributed by atoms with Crippen molar-refractivity contribution in [3.8, 4) is 0 Å². The average molecular weight is 263 g/mol. The van der Waals surface area contributed by atoms with E-state index in [1.807, 2.05) is 6.07 Å². The fourth-order valence-electron chi connectivity index (χ4n) is 3.05. The zero-order valence-electron chi connectivity index (χ0n) is 12.4. The summed E-state index contributed by atoms with van der Waals surface area (Å²) < 4.78 is 13.2. The quantitative estimate of drug-likeness (QED) is 0.770. The molecule has 2 unspecified atom stereocenters. The van der Waals surface area contributed by atoms with Crippen LogP contribution in [0.25, 0.3) is 0 Å². The molecule has 0 saturated heterocycles. The van der Waals surface area contributed by atoms with E-state index in [0.29, 0.717) is 11.5 Å². The lowest BCUT2D eigenvalue weighted by Crippen LogP contribution is -2.31. The molecule has 1 nitrogen and oxygen atoms in total. The molecule has 1 fully saturated rings. The lowest BCUT2D eigenvalue weighted by atomic mass is 9.85. The van der Waals surface area contributed by atoms with Gasteiger partial charge in [-0.1, -0.05) is 32.4 Å². The molecule has 1 saturated carbocycles. The molecule has 1 aliphatic carbocycles. The average Bonchev–Trinajstić information content (AvgIpc) is 2.51. The monoisotopic (exact) mass is 263 g/mol. The Morgan fingerprint density at radius 3 is 2.79 bits per heavy atom. The molecule has 19 heavy (non-hydrogen) atoms. The number of hydrogen-bond donors (Lipinski definition) is 1. The van der Waals surface area contributed by atoms with Crippen LogP contribution in [0.1, 0.15) is 64.5 Å². The van der Waals surface area contributed by atoms with Gasteiger partial charge in [-0.3, -0.25) is 0 Å². The van der Waals surface area contributed by atoms with Gasteiger partial charge in [0.15, 0.2) is 0 Å². The zero-order chi connectivity index (χ0) is 13.9. The molecule has 0 bridgehead atoms. The summed E-state index contributed by atoms with van der Waals surface area (Å²) in [5, 5.41) is 3.67. The van der Waals surface area contributed by atoms with E-state index in [1.165, 1.54) is 38.2 Å². The Balaban J connectivity index is 1.93. The maximum atomic E-state index is 13.2. The van der Waals surface area contributed by atoms with Crippen molar-refractivity contribution < 1.29 is 4.39 Å². The van der Waals surface area contributed by atoms with Crippen molar-refractivity contribution in [2.45, 2.75) is 65.0 Å². The molecule has 2 heteroatoms. The SMILES string of the molecule is CC(NC1CCCC(C)(C)CC1)c1cccc(F)c1. The Morgan fingerprint density at radius 1 is 1.26 bits per heavy atom. The Bertz CT molecular complexity index is 413. The van der Waals surface area contributed by atoms with Crippen molar-refractivity contribution in [1.29, 1.82) is 0 Å². The van der Waals surface area contributed by atoms with Crippen molar-refractivity contribution in [1.82, 2.24) is 5.32 Å². The van der Waals surface area contributed by atoms with Gasteiger partial charge in [-0.25, -0.2) is 4.39 Å². The van der Waals surface area contributed by atoms with Crippen molar-refractivity contribution in [2.75, 3.05) is 0 Å². The second-order valence-corrected chi connectivity index (χ2v) is 6.74. The van der Waals surface area contributed by atoms with Crippen LogP contribution in [0.2, 0.25) is 0 Å². The molecule has 0 heterocycles. The molecule has 1 aromatic carbocycles. The number of benzene rings is 1. The van der Waals surface area contributed by atoms with Crippen LogP contribution in [-0.4, -0.2) is 6.04 Å². The van der Waals surface area contributed by atoms with Gasteiger partial charge in [0, 0.05) is 12.1 Å². The Labute approximate surface area is 116 Å². The van der Waals surface area contributed by atoms with Crippen LogP contribution in [-0.2, 0) is 0 Å². The first kappa shape index (κ1) is 14.5. The van der Waals surface area contributed by atoms with Crippen LogP contribution in [0.15, 0.2) is 24.3 Å². The molecule has 1 aromatic rings. The maximum Gasteiger partial charge on any atom is 0.123 e. The predicted molar refractivity (Wildman–Crippen MR) is 78.6 cm³/mol. The number of hydrogen-bond acceptors (Lipinski definition) is 1. The van der Waals surface area contributed by atoms with E-state index in [4.69, 9.17) is 0 Å². The van der Waals surface area contributed by atoms with Crippen molar-refractivity contribution in [3.05, 3.63) is 35.6 Å². The van der Waals surface area contributed by atoms with Gasteiger partial charge in [-0.05, 0) is 55.7 Å². The van der Waals surface area contributed by atoms with Crippen molar-refractivity contribution in [3.63, 3.8) is 0 Å². The first-order valence-electron chi connectivity index (χ1n) is 7.48. The molecule has 0 aromatic heterocycles. The fourth-order valence-corrected chi connectivity index (χ4v) is 3.05. The normalized spacial score (nSPS) is 24.7. The van der Waals surface area contributed by atoms with Crippen LogP contribution >= 0.6 is 0 Å². The van der Waals surface area contributed by atoms with Crippen LogP contribution in [0.4, 0.5) is 4.39 Å². The highest BCUT2D eigenvalue weighted by Gasteiger charge is 2.25. The summed E-state index contributed by atoms with van der Waals surface area (Å²) in [4.78, 5) is 0. The third kappa shape index (κ3) is 4.31. The second kappa shape index (κ2) is 6.04. The number of nitrogens with one attached hydrogen (secondary N) is 1. The van der Waals surface area contributed by atoms with Gasteiger partial charge < -0.3 is 5.32 Å². The molecule has 2 atom stereocenters. The van der Waals surface area contributed by atoms with Gasteiger partial charge in [0.1, 0.15) is 5.82 Å². The van der Waals surface area contributed by atoms with Gasteiger partial charge in [-0.15, -0.1) is 0 Å². The highest BCUT2D eigenvalue weighted by Crippen LogP contribution is 2.34. The van der Waals surface area contributed by atoms with E-state index >= 15 is 0 Å². The van der Waals surface area contributed by atoms with Gasteiger partial charge in [-0.2, -0.15) is 0 Å². The van der Waals surface area contributed by atoms with Crippen LogP contribution in [0.5, 0.6) is 0 Å². The van der Waals surface area contributed by atoms with E-state index in [2.05, 4.69) is 26.1 Å². The largest absolute Gasteiger partial charge is 0.307 e. The van der Waals surface area contributed by atoms with Crippen LogP contribution in [0, 0.1) is 11.2 Å². The molecule has 1 N–H and O–H groups in total. The van der Waals surface area contributed by atoms with E-state index in [0.717, 1.165) is 5.56 Å². The maximum absolute atomic E-state index is 13.2. The molecule has 2 rings (SSSR count). The fraction of sp³-hybridized carbons (Fsp3) is 0.647. The molecular weight excluding hydrogens is 237 g/mol. The number of halogens is 1. The van der Waals surface area contributed by atoms with E-state index in [1.54, 1.807) is 12.1 Å². The summed E-state index contributed by atoms with van der Waals surface area (Å²) in [5.74, 6) is -0.145. The van der Waals surface area contributed by atoms with Crippen LogP contribution < -0.4 is 5.32 Å². The summed E-state index contributed by atoms with van der Waals surface area (Å²) in [6.45, 7) is 6.86. The van der Waals surface area contributed by atoms with Crippen molar-refractivity contribution in [2.24, 2.45) is 5.41 Å². The molecule has 0 amide bonds. The summed E-state index contributed by atoms with van der Waals surface area (Å²) >= 11 is 0. The molecule has 0 radical (unpaired) electrons. The summed E-state index contributed by atoms with van der Waals surface area (Å²) in [6.07, 6.45) is 6.36. The van der Waals surface area contributed by atoms with Crippen LogP contribution in [0.3, 0.4) is 0 Å². The summed E-state index contributed by atoms with van der Waals surface area (Å²) in [7, 11) is 0.